The fraction of sp³-hybridized carbons (Fsp3) is 0.538. The van der Waals surface area contributed by atoms with Crippen LogP contribution in [0.2, 0.25) is 5.02 Å². The molecule has 1 aromatic carbocycles. The molecule has 0 aliphatic carbocycles. The Balaban J connectivity index is 2.48. The Kier molecular flexibility index (Phi) is 6.23. The smallest absolute Gasteiger partial charge is 0.150 e. The molecule has 0 radical (unpaired) electrons. The minimum absolute atomic E-state index is 0.0262. The zero-order valence-corrected chi connectivity index (χ0v) is 12.3. The summed E-state index contributed by atoms with van der Waals surface area (Å²) in [4.78, 5) is 0. The summed E-state index contributed by atoms with van der Waals surface area (Å²) in [6, 6.07) is 4.63. The van der Waals surface area contributed by atoms with Gasteiger partial charge in [0, 0.05) is 12.2 Å². The number of hydrogen-bond acceptors (Lipinski definition) is 3. The van der Waals surface area contributed by atoms with Gasteiger partial charge in [-0.2, -0.15) is 0 Å². The van der Waals surface area contributed by atoms with Crippen LogP contribution in [-0.4, -0.2) is 31.1 Å². The van der Waals surface area contributed by atoms with E-state index in [-0.39, 0.29) is 22.9 Å². The van der Waals surface area contributed by atoms with Crippen molar-refractivity contribution in [1.82, 2.24) is 0 Å². The molecule has 6 heteroatoms. The molecule has 1 unspecified atom stereocenters. The van der Waals surface area contributed by atoms with Crippen molar-refractivity contribution in [3.63, 3.8) is 0 Å². The SMILES string of the molecule is CCS(=O)(=O)CCCC(O)Cc1cccc(Cl)c1F. The minimum atomic E-state index is -3.01. The highest BCUT2D eigenvalue weighted by molar-refractivity contribution is 7.91. The van der Waals surface area contributed by atoms with Crippen LogP contribution in [0.3, 0.4) is 0 Å². The van der Waals surface area contributed by atoms with Crippen molar-refractivity contribution in [2.45, 2.75) is 32.3 Å². The van der Waals surface area contributed by atoms with E-state index >= 15 is 0 Å². The molecule has 0 saturated carbocycles. The van der Waals surface area contributed by atoms with Crippen LogP contribution in [0.25, 0.3) is 0 Å². The molecule has 1 atom stereocenters. The van der Waals surface area contributed by atoms with Crippen LogP contribution in [-0.2, 0) is 16.3 Å². The summed E-state index contributed by atoms with van der Waals surface area (Å²) >= 11 is 5.64. The van der Waals surface area contributed by atoms with Gasteiger partial charge in [0.1, 0.15) is 15.7 Å². The highest BCUT2D eigenvalue weighted by atomic mass is 35.5. The Morgan fingerprint density at radius 3 is 2.74 bits per heavy atom. The summed E-state index contributed by atoms with van der Waals surface area (Å²) in [5.41, 5.74) is 0.346. The number of sulfone groups is 1. The van der Waals surface area contributed by atoms with Gasteiger partial charge >= 0.3 is 0 Å². The van der Waals surface area contributed by atoms with Gasteiger partial charge in [-0.15, -0.1) is 0 Å². The molecule has 0 fully saturated rings. The van der Waals surface area contributed by atoms with E-state index < -0.39 is 21.8 Å². The molecule has 19 heavy (non-hydrogen) atoms. The Labute approximate surface area is 118 Å². The van der Waals surface area contributed by atoms with Gasteiger partial charge in [0.25, 0.3) is 0 Å². The summed E-state index contributed by atoms with van der Waals surface area (Å²) in [6.07, 6.45) is 0.0727. The third-order valence-corrected chi connectivity index (χ3v) is 5.00. The molecular weight excluding hydrogens is 291 g/mol. The highest BCUT2D eigenvalue weighted by Crippen LogP contribution is 2.20. The number of rotatable bonds is 7. The molecule has 1 aromatic rings. The van der Waals surface area contributed by atoms with Gasteiger partial charge in [0.05, 0.1) is 16.9 Å². The molecule has 1 rings (SSSR count). The zero-order chi connectivity index (χ0) is 14.5. The summed E-state index contributed by atoms with van der Waals surface area (Å²) in [5.74, 6) is -0.366. The van der Waals surface area contributed by atoms with Crippen LogP contribution in [0.5, 0.6) is 0 Å². The van der Waals surface area contributed by atoms with Crippen LogP contribution in [0.4, 0.5) is 4.39 Å². The Hall–Kier alpha value is -0.650. The van der Waals surface area contributed by atoms with Gasteiger partial charge in [0.2, 0.25) is 0 Å². The van der Waals surface area contributed by atoms with Gasteiger partial charge in [-0.05, 0) is 24.5 Å². The normalized spacial score (nSPS) is 13.5. The molecule has 0 bridgehead atoms. The van der Waals surface area contributed by atoms with E-state index in [1.54, 1.807) is 19.1 Å². The van der Waals surface area contributed by atoms with E-state index in [2.05, 4.69) is 0 Å². The lowest BCUT2D eigenvalue weighted by Crippen LogP contribution is -2.15. The average Bonchev–Trinajstić information content (AvgIpc) is 2.35. The summed E-state index contributed by atoms with van der Waals surface area (Å²) < 4.78 is 36.1. The molecule has 0 aliphatic heterocycles. The van der Waals surface area contributed by atoms with Crippen molar-refractivity contribution in [2.24, 2.45) is 0 Å². The first-order valence-corrected chi connectivity index (χ1v) is 8.37. The highest BCUT2D eigenvalue weighted by Gasteiger charge is 2.13. The second-order valence-corrected chi connectivity index (χ2v) is 7.33. The molecule has 0 saturated heterocycles. The van der Waals surface area contributed by atoms with E-state index in [1.807, 2.05) is 0 Å². The van der Waals surface area contributed by atoms with Crippen molar-refractivity contribution >= 4 is 21.4 Å². The summed E-state index contributed by atoms with van der Waals surface area (Å²) in [6.45, 7) is 1.59. The van der Waals surface area contributed by atoms with Gasteiger partial charge < -0.3 is 5.11 Å². The van der Waals surface area contributed by atoms with Crippen LogP contribution in [0, 0.1) is 5.82 Å². The maximum Gasteiger partial charge on any atom is 0.150 e. The fourth-order valence-corrected chi connectivity index (χ4v) is 2.83. The molecule has 0 aromatic heterocycles. The fourth-order valence-electron chi connectivity index (χ4n) is 1.75. The third-order valence-electron chi connectivity index (χ3n) is 2.92. The first-order chi connectivity index (χ1) is 8.85. The lowest BCUT2D eigenvalue weighted by Gasteiger charge is -2.11. The van der Waals surface area contributed by atoms with E-state index in [9.17, 15) is 17.9 Å². The number of aliphatic hydroxyl groups is 1. The van der Waals surface area contributed by atoms with Gasteiger partial charge in [0.15, 0.2) is 0 Å². The van der Waals surface area contributed by atoms with E-state index in [4.69, 9.17) is 11.6 Å². The lowest BCUT2D eigenvalue weighted by molar-refractivity contribution is 0.163. The van der Waals surface area contributed by atoms with Crippen LogP contribution in [0.15, 0.2) is 18.2 Å². The predicted molar refractivity (Wildman–Crippen MR) is 74.7 cm³/mol. The Bertz CT molecular complexity index is 517. The topological polar surface area (TPSA) is 54.4 Å². The largest absolute Gasteiger partial charge is 0.393 e. The maximum atomic E-state index is 13.6. The molecule has 108 valence electrons. The predicted octanol–water partition coefficient (Wildman–Crippen LogP) is 2.60. The number of hydrogen-bond donors (Lipinski definition) is 1. The summed E-state index contributed by atoms with van der Waals surface area (Å²) in [7, 11) is -3.01. The van der Waals surface area contributed by atoms with Gasteiger partial charge in [-0.3, -0.25) is 0 Å². The van der Waals surface area contributed by atoms with Crippen LogP contribution in [0.1, 0.15) is 25.3 Å². The molecular formula is C13H18ClFO3S. The van der Waals surface area contributed by atoms with E-state index in [0.29, 0.717) is 18.4 Å². The number of aliphatic hydroxyl groups excluding tert-OH is 1. The first kappa shape index (κ1) is 16.4. The molecule has 0 amide bonds. The number of benzene rings is 1. The van der Waals surface area contributed by atoms with Gasteiger partial charge in [-0.1, -0.05) is 30.7 Å². The molecule has 0 spiro atoms. The quantitative estimate of drug-likeness (QED) is 0.842. The van der Waals surface area contributed by atoms with Crippen LogP contribution >= 0.6 is 11.6 Å². The van der Waals surface area contributed by atoms with Crippen molar-refractivity contribution < 1.29 is 17.9 Å². The van der Waals surface area contributed by atoms with Crippen LogP contribution < -0.4 is 0 Å². The standard InChI is InChI=1S/C13H18ClFO3S/c1-2-19(17,18)8-4-6-11(16)9-10-5-3-7-12(14)13(10)15/h3,5,7,11,16H,2,4,6,8-9H2,1H3. The number of halogens is 2. The zero-order valence-electron chi connectivity index (χ0n) is 10.8. The molecule has 0 heterocycles. The Morgan fingerprint density at radius 1 is 1.42 bits per heavy atom. The molecule has 3 nitrogen and oxygen atoms in total. The average molecular weight is 309 g/mol. The first-order valence-electron chi connectivity index (χ1n) is 6.17. The maximum absolute atomic E-state index is 13.6. The van der Waals surface area contributed by atoms with Gasteiger partial charge in [-0.25, -0.2) is 12.8 Å². The van der Waals surface area contributed by atoms with E-state index in [1.165, 1.54) is 6.07 Å². The molecule has 1 N–H and O–H groups in total. The Morgan fingerprint density at radius 2 is 2.11 bits per heavy atom. The van der Waals surface area contributed by atoms with E-state index in [0.717, 1.165) is 0 Å². The monoisotopic (exact) mass is 308 g/mol. The van der Waals surface area contributed by atoms with Crippen molar-refractivity contribution in [3.8, 4) is 0 Å². The second kappa shape index (κ2) is 7.22. The van der Waals surface area contributed by atoms with Crippen molar-refractivity contribution in [1.29, 1.82) is 0 Å². The summed E-state index contributed by atoms with van der Waals surface area (Å²) in [5, 5.41) is 9.81. The minimum Gasteiger partial charge on any atom is -0.393 e. The van der Waals surface area contributed by atoms with Crippen molar-refractivity contribution in [3.05, 3.63) is 34.6 Å². The lowest BCUT2D eigenvalue weighted by atomic mass is 10.0. The third kappa shape index (κ3) is 5.47. The second-order valence-electron chi connectivity index (χ2n) is 4.45. The van der Waals surface area contributed by atoms with Crippen molar-refractivity contribution in [2.75, 3.05) is 11.5 Å². The molecule has 0 aliphatic rings.